The number of carbonyl (C=O) groups is 1. The molecule has 0 saturated carbocycles. The van der Waals surface area contributed by atoms with Gasteiger partial charge in [0, 0.05) is 24.9 Å². The largest absolute Gasteiger partial charge is 0.366 e. The number of fused-ring (bicyclic) bond motifs is 1. The third kappa shape index (κ3) is 2.89. The van der Waals surface area contributed by atoms with Crippen LogP contribution in [0.1, 0.15) is 40.9 Å². The maximum absolute atomic E-state index is 12.9. The van der Waals surface area contributed by atoms with Crippen molar-refractivity contribution in [3.8, 4) is 0 Å². The maximum Gasteiger partial charge on any atom is 0.274 e. The van der Waals surface area contributed by atoms with Crippen molar-refractivity contribution < 1.29 is 9.53 Å². The van der Waals surface area contributed by atoms with Crippen molar-refractivity contribution in [1.82, 2.24) is 29.5 Å². The van der Waals surface area contributed by atoms with Crippen LogP contribution in [0.2, 0.25) is 0 Å². The number of aromatic amines is 1. The average molecular weight is 340 g/mol. The van der Waals surface area contributed by atoms with Gasteiger partial charge in [0.2, 0.25) is 0 Å². The monoisotopic (exact) mass is 340 g/mol. The van der Waals surface area contributed by atoms with E-state index in [-0.39, 0.29) is 12.0 Å². The number of H-pyrrole nitrogens is 1. The lowest BCUT2D eigenvalue weighted by molar-refractivity contribution is -0.0268. The van der Waals surface area contributed by atoms with Crippen molar-refractivity contribution in [2.75, 3.05) is 19.7 Å². The van der Waals surface area contributed by atoms with E-state index >= 15 is 0 Å². The van der Waals surface area contributed by atoms with Crippen LogP contribution in [0.15, 0.2) is 24.4 Å². The minimum atomic E-state index is -0.312. The van der Waals surface area contributed by atoms with Gasteiger partial charge in [-0.15, -0.1) is 0 Å². The summed E-state index contributed by atoms with van der Waals surface area (Å²) in [6.07, 6.45) is 2.26. The van der Waals surface area contributed by atoms with E-state index in [9.17, 15) is 4.79 Å². The topological polar surface area (TPSA) is 88.4 Å². The zero-order valence-electron chi connectivity index (χ0n) is 14.3. The van der Waals surface area contributed by atoms with Crippen LogP contribution in [0.5, 0.6) is 0 Å². The molecule has 8 nitrogen and oxygen atoms in total. The van der Waals surface area contributed by atoms with Crippen molar-refractivity contribution in [2.24, 2.45) is 0 Å². The van der Waals surface area contributed by atoms with E-state index in [2.05, 4.69) is 20.2 Å². The van der Waals surface area contributed by atoms with Crippen molar-refractivity contribution in [2.45, 2.75) is 26.4 Å². The Morgan fingerprint density at radius 1 is 1.40 bits per heavy atom. The highest BCUT2D eigenvalue weighted by Crippen LogP contribution is 2.21. The average Bonchev–Trinajstić information content (AvgIpc) is 3.29. The Morgan fingerprint density at radius 3 is 3.04 bits per heavy atom. The van der Waals surface area contributed by atoms with Crippen molar-refractivity contribution in [3.05, 3.63) is 47.4 Å². The van der Waals surface area contributed by atoms with Crippen LogP contribution in [0.25, 0.3) is 5.65 Å². The van der Waals surface area contributed by atoms with Crippen LogP contribution in [0, 0.1) is 6.92 Å². The number of imidazole rings is 1. The maximum atomic E-state index is 12.9. The first kappa shape index (κ1) is 15.8. The Morgan fingerprint density at radius 2 is 2.28 bits per heavy atom. The minimum absolute atomic E-state index is 0.0948. The highest BCUT2D eigenvalue weighted by Gasteiger charge is 2.29. The highest BCUT2D eigenvalue weighted by molar-refractivity contribution is 5.93. The molecule has 130 valence electrons. The van der Waals surface area contributed by atoms with E-state index in [0.29, 0.717) is 31.2 Å². The number of morpholine rings is 1. The van der Waals surface area contributed by atoms with Gasteiger partial charge in [0.05, 0.1) is 13.2 Å². The summed E-state index contributed by atoms with van der Waals surface area (Å²) in [5.41, 5.74) is 2.26. The molecular formula is C17H20N6O2. The first-order valence-corrected chi connectivity index (χ1v) is 8.42. The van der Waals surface area contributed by atoms with Gasteiger partial charge in [-0.25, -0.2) is 9.97 Å². The van der Waals surface area contributed by atoms with E-state index in [1.54, 1.807) is 11.1 Å². The molecular weight excluding hydrogens is 320 g/mol. The number of pyridine rings is 1. The summed E-state index contributed by atoms with van der Waals surface area (Å²) >= 11 is 0. The molecule has 0 aromatic carbocycles. The summed E-state index contributed by atoms with van der Waals surface area (Å²) in [6, 6.07) is 5.82. The number of rotatable bonds is 3. The number of aromatic nitrogens is 5. The summed E-state index contributed by atoms with van der Waals surface area (Å²) in [5, 5.41) is 7.10. The molecule has 1 fully saturated rings. The van der Waals surface area contributed by atoms with E-state index in [1.165, 1.54) is 0 Å². The number of hydrogen-bond donors (Lipinski definition) is 1. The number of nitrogens with zero attached hydrogens (tertiary/aromatic N) is 5. The van der Waals surface area contributed by atoms with Gasteiger partial charge in [0.1, 0.15) is 23.3 Å². The lowest BCUT2D eigenvalue weighted by Crippen LogP contribution is -2.42. The molecule has 0 radical (unpaired) electrons. The summed E-state index contributed by atoms with van der Waals surface area (Å²) < 4.78 is 7.68. The quantitative estimate of drug-likeness (QED) is 0.781. The Labute approximate surface area is 144 Å². The van der Waals surface area contributed by atoms with Crippen molar-refractivity contribution >= 4 is 11.6 Å². The molecule has 3 aromatic rings. The van der Waals surface area contributed by atoms with E-state index in [0.717, 1.165) is 23.6 Å². The van der Waals surface area contributed by atoms with Gasteiger partial charge < -0.3 is 14.0 Å². The van der Waals surface area contributed by atoms with Gasteiger partial charge in [-0.3, -0.25) is 9.89 Å². The van der Waals surface area contributed by atoms with Crippen molar-refractivity contribution in [1.29, 1.82) is 0 Å². The van der Waals surface area contributed by atoms with Crippen LogP contribution >= 0.6 is 0 Å². The highest BCUT2D eigenvalue weighted by atomic mass is 16.5. The van der Waals surface area contributed by atoms with E-state index < -0.39 is 0 Å². The summed E-state index contributed by atoms with van der Waals surface area (Å²) in [4.78, 5) is 23.5. The molecule has 0 aliphatic carbocycles. The molecule has 0 spiro atoms. The molecule has 1 saturated heterocycles. The fourth-order valence-corrected chi connectivity index (χ4v) is 3.02. The lowest BCUT2D eigenvalue weighted by Gasteiger charge is -2.31. The van der Waals surface area contributed by atoms with Crippen LogP contribution in [0.4, 0.5) is 0 Å². The molecule has 1 atom stereocenters. The molecule has 25 heavy (non-hydrogen) atoms. The lowest BCUT2D eigenvalue weighted by atomic mass is 10.2. The van der Waals surface area contributed by atoms with Crippen LogP contribution < -0.4 is 0 Å². The van der Waals surface area contributed by atoms with Crippen LogP contribution in [-0.2, 0) is 11.2 Å². The smallest absolute Gasteiger partial charge is 0.274 e. The van der Waals surface area contributed by atoms with Gasteiger partial charge in [-0.1, -0.05) is 13.0 Å². The van der Waals surface area contributed by atoms with Gasteiger partial charge in [0.25, 0.3) is 5.91 Å². The predicted molar refractivity (Wildman–Crippen MR) is 90.3 cm³/mol. The van der Waals surface area contributed by atoms with Crippen LogP contribution in [-0.4, -0.2) is 55.1 Å². The third-order valence-corrected chi connectivity index (χ3v) is 4.44. The number of ether oxygens (including phenoxy) is 1. The molecule has 1 N–H and O–H groups in total. The molecule has 4 heterocycles. The molecule has 0 unspecified atom stereocenters. The molecule has 8 heteroatoms. The number of carbonyl (C=O) groups excluding carboxylic acids is 1. The molecule has 1 amide bonds. The molecule has 1 aliphatic rings. The van der Waals surface area contributed by atoms with Crippen molar-refractivity contribution in [3.63, 3.8) is 0 Å². The SMILES string of the molecule is CCc1nc([C@H]2CN(C(=O)c3cn4c(C)cccc4n3)CCO2)n[nH]1. The fourth-order valence-electron chi connectivity index (χ4n) is 3.02. The number of hydrogen-bond acceptors (Lipinski definition) is 5. The fraction of sp³-hybridized carbons (Fsp3) is 0.412. The van der Waals surface area contributed by atoms with Gasteiger partial charge >= 0.3 is 0 Å². The Hall–Kier alpha value is -2.74. The number of nitrogens with one attached hydrogen (secondary N) is 1. The summed E-state index contributed by atoms with van der Waals surface area (Å²) in [6.45, 7) is 5.41. The van der Waals surface area contributed by atoms with Gasteiger partial charge in [-0.05, 0) is 19.1 Å². The molecule has 1 aliphatic heterocycles. The van der Waals surface area contributed by atoms with E-state index in [4.69, 9.17) is 4.74 Å². The van der Waals surface area contributed by atoms with E-state index in [1.807, 2.05) is 36.4 Å². The molecule has 4 rings (SSSR count). The second-order valence-electron chi connectivity index (χ2n) is 6.13. The first-order valence-electron chi connectivity index (χ1n) is 8.42. The minimum Gasteiger partial charge on any atom is -0.366 e. The molecule has 0 bridgehead atoms. The van der Waals surface area contributed by atoms with Gasteiger partial charge in [-0.2, -0.15) is 5.10 Å². The second-order valence-corrected chi connectivity index (χ2v) is 6.13. The Kier molecular flexibility index (Phi) is 3.96. The zero-order valence-corrected chi connectivity index (χ0v) is 14.3. The summed E-state index contributed by atoms with van der Waals surface area (Å²) in [5.74, 6) is 1.32. The number of amides is 1. The standard InChI is InChI=1S/C17H20N6O2/c1-3-14-19-16(21-20-14)13-10-22(7-8-25-13)17(24)12-9-23-11(2)5-4-6-15(23)18-12/h4-6,9,13H,3,7-8,10H2,1-2H3,(H,19,20,21)/t13-/m1/s1. The molecule has 3 aromatic heterocycles. The normalized spacial score (nSPS) is 18.0. The predicted octanol–water partition coefficient (Wildman–Crippen LogP) is 1.54. The number of aryl methyl sites for hydroxylation is 2. The zero-order chi connectivity index (χ0) is 17.4. The summed E-state index contributed by atoms with van der Waals surface area (Å²) in [7, 11) is 0. The third-order valence-electron chi connectivity index (χ3n) is 4.44. The Balaban J connectivity index is 1.55. The van der Waals surface area contributed by atoms with Gasteiger partial charge in [0.15, 0.2) is 5.82 Å². The second kappa shape index (κ2) is 6.29. The Bertz CT molecular complexity index is 915. The van der Waals surface area contributed by atoms with Crippen LogP contribution in [0.3, 0.4) is 0 Å². The first-order chi connectivity index (χ1) is 12.2.